The fourth-order valence-corrected chi connectivity index (χ4v) is 3.20. The van der Waals surface area contributed by atoms with E-state index in [-0.39, 0.29) is 25.2 Å². The average Bonchev–Trinajstić information content (AvgIpc) is 3.09. The number of ketones is 1. The van der Waals surface area contributed by atoms with Gasteiger partial charge in [-0.2, -0.15) is 0 Å². The Labute approximate surface area is 167 Å². The zero-order valence-electron chi connectivity index (χ0n) is 15.2. The minimum absolute atomic E-state index is 0.0233. The number of hydrogen-bond acceptors (Lipinski definition) is 6. The molecule has 27 heavy (non-hydrogen) atoms. The summed E-state index contributed by atoms with van der Waals surface area (Å²) in [7, 11) is 3.91. The molecule has 1 aromatic carbocycles. The fraction of sp³-hybridized carbons (Fsp3) is 0.316. The van der Waals surface area contributed by atoms with Crippen molar-refractivity contribution < 1.29 is 19.1 Å². The maximum atomic E-state index is 11.9. The second-order valence-corrected chi connectivity index (χ2v) is 7.74. The summed E-state index contributed by atoms with van der Waals surface area (Å²) in [5.74, 6) is -1.15. The number of amides is 1. The highest BCUT2D eigenvalue weighted by molar-refractivity contribution is 7.18. The summed E-state index contributed by atoms with van der Waals surface area (Å²) in [5.41, 5.74) is 2.01. The van der Waals surface area contributed by atoms with Crippen LogP contribution in [0.4, 0.5) is 5.69 Å². The number of nitrogens with one attached hydrogen (secondary N) is 1. The Bertz CT molecular complexity index is 802. The smallest absolute Gasteiger partial charge is 0.306 e. The van der Waals surface area contributed by atoms with Crippen molar-refractivity contribution in [2.75, 3.05) is 25.6 Å². The van der Waals surface area contributed by atoms with Gasteiger partial charge in [-0.05, 0) is 29.8 Å². The van der Waals surface area contributed by atoms with Crippen LogP contribution in [0, 0.1) is 0 Å². The van der Waals surface area contributed by atoms with Crippen molar-refractivity contribution in [1.29, 1.82) is 0 Å². The number of hydrogen-bond donors (Lipinski definition) is 1. The summed E-state index contributed by atoms with van der Waals surface area (Å²) < 4.78 is 5.42. The molecule has 0 radical (unpaired) electrons. The van der Waals surface area contributed by atoms with Crippen LogP contribution in [0.1, 0.15) is 28.1 Å². The van der Waals surface area contributed by atoms with Crippen LogP contribution in [-0.2, 0) is 20.9 Å². The molecule has 0 aliphatic carbocycles. The van der Waals surface area contributed by atoms with E-state index in [9.17, 15) is 14.4 Å². The number of nitrogens with zero attached hydrogens (tertiary/aromatic N) is 1. The van der Waals surface area contributed by atoms with Gasteiger partial charge >= 0.3 is 5.97 Å². The zero-order chi connectivity index (χ0) is 19.8. The van der Waals surface area contributed by atoms with Gasteiger partial charge in [0.2, 0.25) is 0 Å². The maximum absolute atomic E-state index is 11.9. The molecule has 1 heterocycles. The molecule has 0 aliphatic rings. The lowest BCUT2D eigenvalue weighted by atomic mass is 10.2. The van der Waals surface area contributed by atoms with Crippen LogP contribution in [0.15, 0.2) is 36.4 Å². The van der Waals surface area contributed by atoms with Crippen molar-refractivity contribution in [2.24, 2.45) is 0 Å². The highest BCUT2D eigenvalue weighted by atomic mass is 35.5. The van der Waals surface area contributed by atoms with Gasteiger partial charge in [0.25, 0.3) is 5.91 Å². The molecule has 1 amide bonds. The first-order valence-corrected chi connectivity index (χ1v) is 9.51. The van der Waals surface area contributed by atoms with E-state index in [1.807, 2.05) is 43.3 Å². The molecule has 0 saturated carbocycles. The number of halogens is 1. The van der Waals surface area contributed by atoms with Crippen LogP contribution in [0.3, 0.4) is 0 Å². The predicted octanol–water partition coefficient (Wildman–Crippen LogP) is 3.29. The number of Topliss-reactive ketones (excluding diaryl/α,β-unsaturated/α-hetero) is 1. The van der Waals surface area contributed by atoms with Crippen LogP contribution in [0.5, 0.6) is 0 Å². The largest absolute Gasteiger partial charge is 0.456 e. The lowest BCUT2D eigenvalue weighted by Gasteiger charge is -2.13. The van der Waals surface area contributed by atoms with Gasteiger partial charge < -0.3 is 15.0 Å². The molecule has 0 aliphatic heterocycles. The molecule has 0 spiro atoms. The standard InChI is InChI=1S/C19H21ClN2O4S/c1-22(2)14-5-3-13(4-6-14)11-21-18(24)12-26-19(25)10-7-15(23)16-8-9-17(20)27-16/h3-6,8-9H,7,10-12H2,1-2H3,(H,21,24). The SMILES string of the molecule is CN(C)c1ccc(CNC(=O)COC(=O)CCC(=O)c2ccc(Cl)s2)cc1. The summed E-state index contributed by atoms with van der Waals surface area (Å²) >= 11 is 6.94. The Morgan fingerprint density at radius 1 is 1.07 bits per heavy atom. The van der Waals surface area contributed by atoms with Gasteiger partial charge in [-0.1, -0.05) is 23.7 Å². The topological polar surface area (TPSA) is 75.7 Å². The zero-order valence-corrected chi connectivity index (χ0v) is 16.7. The number of rotatable bonds is 9. The Hall–Kier alpha value is -2.38. The first-order valence-electron chi connectivity index (χ1n) is 8.32. The van der Waals surface area contributed by atoms with Crippen molar-refractivity contribution in [3.63, 3.8) is 0 Å². The van der Waals surface area contributed by atoms with E-state index in [1.165, 1.54) is 11.3 Å². The number of esters is 1. The monoisotopic (exact) mass is 408 g/mol. The third-order valence-electron chi connectivity index (χ3n) is 3.71. The fourth-order valence-electron chi connectivity index (χ4n) is 2.18. The molecule has 2 aromatic rings. The second kappa shape index (κ2) is 10.1. The summed E-state index contributed by atoms with van der Waals surface area (Å²) in [5, 5.41) is 2.69. The second-order valence-electron chi connectivity index (χ2n) is 6.03. The summed E-state index contributed by atoms with van der Waals surface area (Å²) in [6, 6.07) is 11.0. The number of carbonyl (C=O) groups is 3. The highest BCUT2D eigenvalue weighted by Crippen LogP contribution is 2.22. The summed E-state index contributed by atoms with van der Waals surface area (Å²) in [4.78, 5) is 37.8. The first-order chi connectivity index (χ1) is 12.8. The molecule has 8 heteroatoms. The Morgan fingerprint density at radius 2 is 1.78 bits per heavy atom. The molecule has 2 rings (SSSR count). The third kappa shape index (κ3) is 7.03. The quantitative estimate of drug-likeness (QED) is 0.509. The van der Waals surface area contributed by atoms with Gasteiger partial charge in [0.15, 0.2) is 12.4 Å². The Morgan fingerprint density at radius 3 is 2.37 bits per heavy atom. The molecule has 144 valence electrons. The minimum Gasteiger partial charge on any atom is -0.456 e. The van der Waals surface area contributed by atoms with E-state index in [1.54, 1.807) is 12.1 Å². The van der Waals surface area contributed by atoms with Crippen molar-refractivity contribution in [1.82, 2.24) is 5.32 Å². The van der Waals surface area contributed by atoms with Gasteiger partial charge in [-0.25, -0.2) is 0 Å². The van der Waals surface area contributed by atoms with Gasteiger partial charge in [0.1, 0.15) is 0 Å². The molecule has 6 nitrogen and oxygen atoms in total. The summed E-state index contributed by atoms with van der Waals surface area (Å²) in [6.45, 7) is -0.0185. The van der Waals surface area contributed by atoms with E-state index in [0.29, 0.717) is 15.8 Å². The molecule has 1 N–H and O–H groups in total. The Balaban J connectivity index is 1.65. The lowest BCUT2D eigenvalue weighted by molar-refractivity contribution is -0.148. The molecule has 0 saturated heterocycles. The van der Waals surface area contributed by atoms with Gasteiger partial charge in [0, 0.05) is 32.7 Å². The first kappa shape index (κ1) is 20.9. The van der Waals surface area contributed by atoms with E-state index < -0.39 is 11.9 Å². The normalized spacial score (nSPS) is 10.3. The summed E-state index contributed by atoms with van der Waals surface area (Å²) in [6.07, 6.45) is -0.0524. The number of benzene rings is 1. The van der Waals surface area contributed by atoms with E-state index in [2.05, 4.69) is 5.32 Å². The predicted molar refractivity (Wildman–Crippen MR) is 106 cm³/mol. The molecule has 0 unspecified atom stereocenters. The molecule has 1 aromatic heterocycles. The van der Waals surface area contributed by atoms with Crippen molar-refractivity contribution in [3.8, 4) is 0 Å². The van der Waals surface area contributed by atoms with Crippen molar-refractivity contribution in [2.45, 2.75) is 19.4 Å². The molecule has 0 atom stereocenters. The van der Waals surface area contributed by atoms with Crippen molar-refractivity contribution >= 4 is 46.3 Å². The molecule has 0 bridgehead atoms. The number of ether oxygens (including phenoxy) is 1. The van der Waals surface area contributed by atoms with E-state index in [0.717, 1.165) is 11.3 Å². The van der Waals surface area contributed by atoms with Gasteiger partial charge in [-0.15, -0.1) is 11.3 Å². The Kier molecular flexibility index (Phi) is 7.82. The molecular formula is C19H21ClN2O4S. The number of thiophene rings is 1. The van der Waals surface area contributed by atoms with E-state index in [4.69, 9.17) is 16.3 Å². The third-order valence-corrected chi connectivity index (χ3v) is 4.98. The molecular weight excluding hydrogens is 388 g/mol. The van der Waals surface area contributed by atoms with Crippen LogP contribution in [-0.4, -0.2) is 38.4 Å². The minimum atomic E-state index is -0.587. The molecule has 0 fully saturated rings. The van der Waals surface area contributed by atoms with E-state index >= 15 is 0 Å². The average molecular weight is 409 g/mol. The van der Waals surface area contributed by atoms with Crippen LogP contribution in [0.25, 0.3) is 0 Å². The van der Waals surface area contributed by atoms with Gasteiger partial charge in [0.05, 0.1) is 15.6 Å². The van der Waals surface area contributed by atoms with Crippen LogP contribution < -0.4 is 10.2 Å². The van der Waals surface area contributed by atoms with Crippen LogP contribution in [0.2, 0.25) is 4.34 Å². The van der Waals surface area contributed by atoms with Gasteiger partial charge in [-0.3, -0.25) is 14.4 Å². The number of anilines is 1. The lowest BCUT2D eigenvalue weighted by Crippen LogP contribution is -2.28. The van der Waals surface area contributed by atoms with Crippen LogP contribution >= 0.6 is 22.9 Å². The highest BCUT2D eigenvalue weighted by Gasteiger charge is 2.13. The van der Waals surface area contributed by atoms with Crippen molar-refractivity contribution in [3.05, 3.63) is 51.2 Å². The number of carbonyl (C=O) groups excluding carboxylic acids is 3. The maximum Gasteiger partial charge on any atom is 0.306 e.